The van der Waals surface area contributed by atoms with Gasteiger partial charge in [-0.2, -0.15) is 0 Å². The Labute approximate surface area is 49.4 Å². The van der Waals surface area contributed by atoms with Gasteiger partial charge in [0.05, 0.1) is 0 Å². The highest BCUT2D eigenvalue weighted by Gasteiger charge is 2.00. The van der Waals surface area contributed by atoms with Gasteiger partial charge >= 0.3 is 0 Å². The molecule has 0 fully saturated rings. The van der Waals surface area contributed by atoms with Gasteiger partial charge in [0, 0.05) is 6.42 Å². The van der Waals surface area contributed by atoms with Crippen LogP contribution in [0.4, 0.5) is 0 Å². The van der Waals surface area contributed by atoms with E-state index in [0.29, 0.717) is 6.42 Å². The molecule has 0 bridgehead atoms. The normalized spacial score (nSPS) is 12.6. The summed E-state index contributed by atoms with van der Waals surface area (Å²) in [6, 6.07) is 0. The first-order valence-electron chi connectivity index (χ1n) is 2.58. The van der Waals surface area contributed by atoms with Crippen LogP contribution in [0, 0.1) is 12.3 Å². The van der Waals surface area contributed by atoms with Gasteiger partial charge in [0.2, 0.25) is 0 Å². The van der Waals surface area contributed by atoms with E-state index in [1.165, 1.54) is 0 Å². The minimum atomic E-state index is -0.181. The molecule has 0 spiro atoms. The van der Waals surface area contributed by atoms with E-state index in [0.717, 1.165) is 6.42 Å². The lowest BCUT2D eigenvalue weighted by atomic mass is 10.2. The summed E-state index contributed by atoms with van der Waals surface area (Å²) >= 11 is 0. The average Bonchev–Trinajstić information content (AvgIpc) is 1.83. The van der Waals surface area contributed by atoms with Crippen LogP contribution in [-0.4, -0.2) is 11.4 Å². The van der Waals surface area contributed by atoms with Crippen LogP contribution in [0.2, 0.25) is 0 Å². The third kappa shape index (κ3) is 2.62. The van der Waals surface area contributed by atoms with Crippen molar-refractivity contribution >= 4 is 0 Å². The molecule has 1 N–H and O–H groups in total. The zero-order valence-corrected chi connectivity index (χ0v) is 4.92. The first-order chi connectivity index (χ1) is 3.85. The van der Waals surface area contributed by atoms with Crippen molar-refractivity contribution in [2.45, 2.75) is 25.9 Å². The molecule has 8 heavy (non-hydrogen) atoms. The first-order valence-corrected chi connectivity index (χ1v) is 2.58. The molecular formula is C6H10O2. The Morgan fingerprint density at radius 1 is 1.88 bits per heavy atom. The number of hydrogen-bond donors (Lipinski definition) is 1. The third-order valence-electron chi connectivity index (χ3n) is 0.950. The van der Waals surface area contributed by atoms with E-state index in [4.69, 9.17) is 11.7 Å². The van der Waals surface area contributed by atoms with Crippen molar-refractivity contribution in [2.75, 3.05) is 0 Å². The minimum Gasteiger partial charge on any atom is -0.252 e. The number of rotatable bonds is 3. The molecule has 0 radical (unpaired) electrons. The zero-order valence-electron chi connectivity index (χ0n) is 4.92. The lowest BCUT2D eigenvalue weighted by Gasteiger charge is -2.03. The van der Waals surface area contributed by atoms with Gasteiger partial charge in [-0.15, -0.1) is 12.3 Å². The van der Waals surface area contributed by atoms with Crippen molar-refractivity contribution in [1.82, 2.24) is 0 Å². The fourth-order valence-corrected chi connectivity index (χ4v) is 0.388. The SMILES string of the molecule is C#CCC(CC)OO. The van der Waals surface area contributed by atoms with Crippen molar-refractivity contribution in [1.29, 1.82) is 0 Å². The molecule has 0 saturated carbocycles. The van der Waals surface area contributed by atoms with E-state index >= 15 is 0 Å². The van der Waals surface area contributed by atoms with Crippen LogP contribution in [-0.2, 0) is 4.89 Å². The Morgan fingerprint density at radius 2 is 2.50 bits per heavy atom. The molecule has 0 aromatic heterocycles. The maximum Gasteiger partial charge on any atom is 0.103 e. The number of terminal acetylenes is 1. The minimum absolute atomic E-state index is 0.181. The molecule has 2 heteroatoms. The second-order valence-corrected chi connectivity index (χ2v) is 1.54. The summed E-state index contributed by atoms with van der Waals surface area (Å²) in [6.45, 7) is 1.90. The van der Waals surface area contributed by atoms with Crippen molar-refractivity contribution in [3.63, 3.8) is 0 Å². The summed E-state index contributed by atoms with van der Waals surface area (Å²) in [6.07, 6.45) is 5.99. The van der Waals surface area contributed by atoms with Gasteiger partial charge in [0.25, 0.3) is 0 Å². The highest BCUT2D eigenvalue weighted by Crippen LogP contribution is 1.98. The lowest BCUT2D eigenvalue weighted by Crippen LogP contribution is -2.06. The van der Waals surface area contributed by atoms with E-state index < -0.39 is 0 Å². The van der Waals surface area contributed by atoms with Gasteiger partial charge < -0.3 is 0 Å². The summed E-state index contributed by atoms with van der Waals surface area (Å²) in [5, 5.41) is 8.06. The Kier molecular flexibility index (Phi) is 4.33. The molecule has 1 atom stereocenters. The third-order valence-corrected chi connectivity index (χ3v) is 0.950. The van der Waals surface area contributed by atoms with Crippen molar-refractivity contribution < 1.29 is 10.1 Å². The monoisotopic (exact) mass is 114 g/mol. The fourth-order valence-electron chi connectivity index (χ4n) is 0.388. The van der Waals surface area contributed by atoms with Crippen LogP contribution in [0.1, 0.15) is 19.8 Å². The fraction of sp³-hybridized carbons (Fsp3) is 0.667. The molecule has 0 amide bonds. The van der Waals surface area contributed by atoms with E-state index in [9.17, 15) is 0 Å². The topological polar surface area (TPSA) is 29.5 Å². The first kappa shape index (κ1) is 7.48. The van der Waals surface area contributed by atoms with Gasteiger partial charge in [0.1, 0.15) is 6.10 Å². The molecule has 2 nitrogen and oxygen atoms in total. The van der Waals surface area contributed by atoms with Crippen LogP contribution in [0.15, 0.2) is 0 Å². The molecule has 0 heterocycles. The number of hydrogen-bond acceptors (Lipinski definition) is 2. The Bertz CT molecular complexity index is 79.0. The van der Waals surface area contributed by atoms with Crippen LogP contribution < -0.4 is 0 Å². The summed E-state index contributed by atoms with van der Waals surface area (Å²) in [4.78, 5) is 4.00. The van der Waals surface area contributed by atoms with E-state index in [1.54, 1.807) is 0 Å². The Hall–Kier alpha value is -0.520. The molecule has 0 aliphatic rings. The summed E-state index contributed by atoms with van der Waals surface area (Å²) in [7, 11) is 0. The Balaban J connectivity index is 3.25. The van der Waals surface area contributed by atoms with Crippen LogP contribution >= 0.6 is 0 Å². The molecule has 0 saturated heterocycles. The second-order valence-electron chi connectivity index (χ2n) is 1.54. The van der Waals surface area contributed by atoms with Crippen LogP contribution in [0.3, 0.4) is 0 Å². The second kappa shape index (κ2) is 4.63. The maximum absolute atomic E-state index is 8.06. The van der Waals surface area contributed by atoms with Gasteiger partial charge in [0.15, 0.2) is 0 Å². The molecule has 0 rings (SSSR count). The molecular weight excluding hydrogens is 104 g/mol. The highest BCUT2D eigenvalue weighted by atomic mass is 17.1. The molecule has 46 valence electrons. The molecule has 1 unspecified atom stereocenters. The highest BCUT2D eigenvalue weighted by molar-refractivity contribution is 4.86. The predicted octanol–water partition coefficient (Wildman–Crippen LogP) is 1.28. The predicted molar refractivity (Wildman–Crippen MR) is 31.2 cm³/mol. The summed E-state index contributed by atoms with van der Waals surface area (Å²) < 4.78 is 0. The van der Waals surface area contributed by atoms with Gasteiger partial charge in [-0.05, 0) is 6.42 Å². The quantitative estimate of drug-likeness (QED) is 0.340. The van der Waals surface area contributed by atoms with Crippen molar-refractivity contribution in [3.8, 4) is 12.3 Å². The average molecular weight is 114 g/mol. The molecule has 0 aromatic carbocycles. The van der Waals surface area contributed by atoms with E-state index in [1.807, 2.05) is 6.92 Å². The van der Waals surface area contributed by atoms with Crippen LogP contribution in [0.5, 0.6) is 0 Å². The summed E-state index contributed by atoms with van der Waals surface area (Å²) in [5.41, 5.74) is 0. The standard InChI is InChI=1S/C6H10O2/c1-3-5-6(4-2)8-7/h1,6-7H,4-5H2,2H3. The van der Waals surface area contributed by atoms with Crippen molar-refractivity contribution in [2.24, 2.45) is 0 Å². The van der Waals surface area contributed by atoms with E-state index in [2.05, 4.69) is 10.8 Å². The molecule has 0 aliphatic heterocycles. The van der Waals surface area contributed by atoms with Gasteiger partial charge in [-0.1, -0.05) is 6.92 Å². The van der Waals surface area contributed by atoms with Crippen molar-refractivity contribution in [3.05, 3.63) is 0 Å². The van der Waals surface area contributed by atoms with E-state index in [-0.39, 0.29) is 6.10 Å². The Morgan fingerprint density at radius 3 is 2.62 bits per heavy atom. The maximum atomic E-state index is 8.06. The molecule has 0 aliphatic carbocycles. The smallest absolute Gasteiger partial charge is 0.103 e. The van der Waals surface area contributed by atoms with Gasteiger partial charge in [-0.25, -0.2) is 4.89 Å². The van der Waals surface area contributed by atoms with Crippen LogP contribution in [0.25, 0.3) is 0 Å². The van der Waals surface area contributed by atoms with Gasteiger partial charge in [-0.3, -0.25) is 5.26 Å². The molecule has 0 aromatic rings. The largest absolute Gasteiger partial charge is 0.252 e. The zero-order chi connectivity index (χ0) is 6.41. The lowest BCUT2D eigenvalue weighted by molar-refractivity contribution is -0.277. The summed E-state index contributed by atoms with van der Waals surface area (Å²) in [5.74, 6) is 2.38.